The van der Waals surface area contributed by atoms with Crippen molar-refractivity contribution in [1.82, 2.24) is 0 Å². The molecule has 0 fully saturated rings. The van der Waals surface area contributed by atoms with Crippen molar-refractivity contribution in [2.45, 2.75) is 6.42 Å². The second kappa shape index (κ2) is 9.62. The molecule has 25 heavy (non-hydrogen) atoms. The Labute approximate surface area is 159 Å². The summed E-state index contributed by atoms with van der Waals surface area (Å²) >= 11 is 9.55. The molecule has 0 radical (unpaired) electrons. The van der Waals surface area contributed by atoms with Gasteiger partial charge in [-0.15, -0.1) is 0 Å². The van der Waals surface area contributed by atoms with Crippen molar-refractivity contribution in [2.75, 3.05) is 35.6 Å². The number of urea groups is 1. The lowest BCUT2D eigenvalue weighted by atomic mass is 10.1. The Balaban J connectivity index is 2.10. The number of hydrogen-bond acceptors (Lipinski definition) is 4. The van der Waals surface area contributed by atoms with Gasteiger partial charge in [0.15, 0.2) is 0 Å². The molecule has 0 aromatic heterocycles. The molecule has 8 heteroatoms. The van der Waals surface area contributed by atoms with Crippen LogP contribution in [0.2, 0.25) is 5.02 Å². The molecule has 134 valence electrons. The van der Waals surface area contributed by atoms with Crippen LogP contribution in [0, 0.1) is 0 Å². The minimum absolute atomic E-state index is 0.0537. The van der Waals surface area contributed by atoms with E-state index in [1.807, 2.05) is 12.1 Å². The first-order chi connectivity index (χ1) is 12.0. The summed E-state index contributed by atoms with van der Waals surface area (Å²) in [6.45, 7) is 1.09. The molecule has 0 saturated heterocycles. The lowest BCUT2D eigenvalue weighted by molar-refractivity contribution is 0.262. The minimum Gasteiger partial charge on any atom is -0.396 e. The first-order valence-corrected chi connectivity index (χ1v) is 8.91. The van der Waals surface area contributed by atoms with E-state index in [9.17, 15) is 4.79 Å². The van der Waals surface area contributed by atoms with Gasteiger partial charge >= 0.3 is 6.03 Å². The van der Waals surface area contributed by atoms with E-state index in [1.165, 1.54) is 0 Å². The average molecular weight is 428 g/mol. The van der Waals surface area contributed by atoms with Gasteiger partial charge < -0.3 is 26.8 Å². The Kier molecular flexibility index (Phi) is 7.52. The molecule has 6 N–H and O–H groups in total. The van der Waals surface area contributed by atoms with E-state index in [1.54, 1.807) is 24.3 Å². The molecule has 0 aliphatic rings. The Morgan fingerprint density at radius 1 is 1.20 bits per heavy atom. The zero-order valence-corrected chi connectivity index (χ0v) is 15.8. The molecule has 6 nitrogen and oxygen atoms in total. The van der Waals surface area contributed by atoms with Crippen LogP contribution in [0.1, 0.15) is 5.56 Å². The predicted molar refractivity (Wildman–Crippen MR) is 107 cm³/mol. The number of benzene rings is 2. The van der Waals surface area contributed by atoms with Crippen LogP contribution in [-0.2, 0) is 6.42 Å². The zero-order valence-electron chi connectivity index (χ0n) is 13.5. The summed E-state index contributed by atoms with van der Waals surface area (Å²) < 4.78 is 0.827. The normalized spacial score (nSPS) is 10.4. The van der Waals surface area contributed by atoms with Crippen LogP contribution in [0.5, 0.6) is 0 Å². The van der Waals surface area contributed by atoms with Gasteiger partial charge in [0.25, 0.3) is 0 Å². The van der Waals surface area contributed by atoms with Crippen LogP contribution in [-0.4, -0.2) is 30.8 Å². The number of nitrogens with two attached hydrogens (primary N) is 1. The zero-order chi connectivity index (χ0) is 18.2. The Bertz CT molecular complexity index is 743. The van der Waals surface area contributed by atoms with E-state index < -0.39 is 6.03 Å². The molecular formula is C17H20BrClN4O2. The molecule has 2 aromatic carbocycles. The summed E-state index contributed by atoms with van der Waals surface area (Å²) in [5, 5.41) is 18.4. The average Bonchev–Trinajstić information content (AvgIpc) is 2.55. The molecule has 0 aliphatic heterocycles. The number of carbonyl (C=O) groups excluding carboxylic acids is 1. The van der Waals surface area contributed by atoms with Crippen LogP contribution >= 0.6 is 27.5 Å². The SMILES string of the molecule is NCCNc1cc(Br)cc(NC(=O)Nc2cccc(Cl)c2CCO)c1. The van der Waals surface area contributed by atoms with Crippen molar-refractivity contribution >= 4 is 50.6 Å². The third-order valence-electron chi connectivity index (χ3n) is 3.36. The number of nitrogens with one attached hydrogen (secondary N) is 3. The molecule has 0 heterocycles. The molecule has 0 saturated carbocycles. The summed E-state index contributed by atoms with van der Waals surface area (Å²) in [5.41, 5.74) is 8.22. The van der Waals surface area contributed by atoms with Gasteiger partial charge in [-0.25, -0.2) is 4.79 Å². The Morgan fingerprint density at radius 2 is 1.96 bits per heavy atom. The smallest absolute Gasteiger partial charge is 0.323 e. The fraction of sp³-hybridized carbons (Fsp3) is 0.235. The topological polar surface area (TPSA) is 99.4 Å². The second-order valence-corrected chi connectivity index (χ2v) is 6.59. The van der Waals surface area contributed by atoms with Crippen LogP contribution in [0.25, 0.3) is 0 Å². The lowest BCUT2D eigenvalue weighted by Gasteiger charge is -2.14. The van der Waals surface area contributed by atoms with Crippen LogP contribution in [0.15, 0.2) is 40.9 Å². The molecule has 2 rings (SSSR count). The summed E-state index contributed by atoms with van der Waals surface area (Å²) in [6.07, 6.45) is 0.360. The monoisotopic (exact) mass is 426 g/mol. The van der Waals surface area contributed by atoms with Gasteiger partial charge in [-0.05, 0) is 42.3 Å². The van der Waals surface area contributed by atoms with Gasteiger partial charge in [-0.1, -0.05) is 33.6 Å². The van der Waals surface area contributed by atoms with Gasteiger partial charge in [-0.3, -0.25) is 0 Å². The number of amides is 2. The van der Waals surface area contributed by atoms with Crippen molar-refractivity contribution in [1.29, 1.82) is 0 Å². The Hall–Kier alpha value is -1.80. The van der Waals surface area contributed by atoms with Gasteiger partial charge in [0.05, 0.1) is 0 Å². The largest absolute Gasteiger partial charge is 0.396 e. The van der Waals surface area contributed by atoms with E-state index in [4.69, 9.17) is 22.4 Å². The van der Waals surface area contributed by atoms with Gasteiger partial charge in [0, 0.05) is 46.3 Å². The molecule has 0 unspecified atom stereocenters. The number of aliphatic hydroxyl groups excluding tert-OH is 1. The number of aliphatic hydroxyl groups is 1. The number of hydrogen-bond donors (Lipinski definition) is 5. The quantitative estimate of drug-likeness (QED) is 0.466. The van der Waals surface area contributed by atoms with E-state index in [0.29, 0.717) is 41.5 Å². The maximum atomic E-state index is 12.3. The van der Waals surface area contributed by atoms with E-state index >= 15 is 0 Å². The third kappa shape index (κ3) is 5.89. The highest BCUT2D eigenvalue weighted by molar-refractivity contribution is 9.10. The summed E-state index contributed by atoms with van der Waals surface area (Å²) in [6, 6.07) is 10.3. The lowest BCUT2D eigenvalue weighted by Crippen LogP contribution is -2.21. The van der Waals surface area contributed by atoms with E-state index in [0.717, 1.165) is 10.2 Å². The number of halogens is 2. The minimum atomic E-state index is -0.399. The number of rotatable bonds is 7. The Morgan fingerprint density at radius 3 is 2.68 bits per heavy atom. The van der Waals surface area contributed by atoms with Gasteiger partial charge in [0.2, 0.25) is 0 Å². The predicted octanol–water partition coefficient (Wildman–Crippen LogP) is 3.65. The van der Waals surface area contributed by atoms with Crippen LogP contribution in [0.3, 0.4) is 0 Å². The molecule has 0 aliphatic carbocycles. The van der Waals surface area contributed by atoms with Crippen molar-refractivity contribution in [3.05, 3.63) is 51.5 Å². The van der Waals surface area contributed by atoms with Gasteiger partial charge in [-0.2, -0.15) is 0 Å². The van der Waals surface area contributed by atoms with Crippen molar-refractivity contribution in [3.63, 3.8) is 0 Å². The first-order valence-electron chi connectivity index (χ1n) is 7.74. The van der Waals surface area contributed by atoms with E-state index in [-0.39, 0.29) is 6.61 Å². The maximum Gasteiger partial charge on any atom is 0.323 e. The van der Waals surface area contributed by atoms with E-state index in [2.05, 4.69) is 31.9 Å². The number of anilines is 3. The molecular weight excluding hydrogens is 408 g/mol. The fourth-order valence-electron chi connectivity index (χ4n) is 2.31. The highest BCUT2D eigenvalue weighted by Crippen LogP contribution is 2.26. The summed E-state index contributed by atoms with van der Waals surface area (Å²) in [4.78, 5) is 12.3. The van der Waals surface area contributed by atoms with Crippen LogP contribution in [0.4, 0.5) is 21.9 Å². The summed E-state index contributed by atoms with van der Waals surface area (Å²) in [5.74, 6) is 0. The first kappa shape index (κ1) is 19.5. The fourth-order valence-corrected chi connectivity index (χ4v) is 3.07. The van der Waals surface area contributed by atoms with Gasteiger partial charge in [0.1, 0.15) is 0 Å². The molecule has 0 atom stereocenters. The maximum absolute atomic E-state index is 12.3. The van der Waals surface area contributed by atoms with Crippen molar-refractivity contribution < 1.29 is 9.90 Å². The molecule has 0 spiro atoms. The molecule has 2 aromatic rings. The highest BCUT2D eigenvalue weighted by atomic mass is 79.9. The summed E-state index contributed by atoms with van der Waals surface area (Å²) in [7, 11) is 0. The highest BCUT2D eigenvalue weighted by Gasteiger charge is 2.10. The standard InChI is InChI=1S/C17H20BrClN4O2/c18-11-8-12(21-6-5-20)10-13(9-11)22-17(25)23-16-3-1-2-15(19)14(16)4-7-24/h1-3,8-10,21,24H,4-7,20H2,(H2,22,23,25). The van der Waals surface area contributed by atoms with Crippen molar-refractivity contribution in [2.24, 2.45) is 5.73 Å². The third-order valence-corrected chi connectivity index (χ3v) is 4.17. The van der Waals surface area contributed by atoms with Crippen LogP contribution < -0.4 is 21.7 Å². The molecule has 0 bridgehead atoms. The molecule has 2 amide bonds. The van der Waals surface area contributed by atoms with Crippen molar-refractivity contribution in [3.8, 4) is 0 Å². The second-order valence-electron chi connectivity index (χ2n) is 5.26. The number of carbonyl (C=O) groups is 1.